The lowest BCUT2D eigenvalue weighted by Crippen LogP contribution is -1.96. The summed E-state index contributed by atoms with van der Waals surface area (Å²) in [6.45, 7) is 1.93. The van der Waals surface area contributed by atoms with Crippen LogP contribution in [0.25, 0.3) is 16.5 Å². The van der Waals surface area contributed by atoms with E-state index in [-0.39, 0.29) is 5.69 Å². The van der Waals surface area contributed by atoms with E-state index < -0.39 is 5.97 Å². The van der Waals surface area contributed by atoms with Crippen LogP contribution >= 0.6 is 11.3 Å². The fourth-order valence-corrected chi connectivity index (χ4v) is 3.07. The topological polar surface area (TPSA) is 66.0 Å². The second kappa shape index (κ2) is 4.94. The van der Waals surface area contributed by atoms with E-state index in [4.69, 9.17) is 5.11 Å². The Morgan fingerprint density at radius 2 is 2.20 bits per heavy atom. The molecule has 20 heavy (non-hydrogen) atoms. The van der Waals surface area contributed by atoms with Crippen molar-refractivity contribution in [2.24, 2.45) is 0 Å². The van der Waals surface area contributed by atoms with E-state index in [1.165, 1.54) is 11.3 Å². The maximum absolute atomic E-state index is 10.9. The van der Waals surface area contributed by atoms with Crippen LogP contribution in [0.15, 0.2) is 41.9 Å². The van der Waals surface area contributed by atoms with Gasteiger partial charge in [0.2, 0.25) is 0 Å². The summed E-state index contributed by atoms with van der Waals surface area (Å²) in [5, 5.41) is 12.4. The van der Waals surface area contributed by atoms with Crippen molar-refractivity contribution < 1.29 is 9.90 Å². The van der Waals surface area contributed by atoms with Crippen LogP contribution in [-0.4, -0.2) is 21.0 Å². The number of aromatic amines is 1. The number of thiazole rings is 1. The minimum Gasteiger partial charge on any atom is -0.476 e. The molecule has 1 aromatic carbocycles. The Morgan fingerprint density at radius 3 is 2.90 bits per heavy atom. The number of aromatic carboxylic acids is 1. The van der Waals surface area contributed by atoms with E-state index in [0.717, 1.165) is 27.0 Å². The molecule has 3 aromatic rings. The number of para-hydroxylation sites is 1. The van der Waals surface area contributed by atoms with E-state index in [1.54, 1.807) is 5.38 Å². The van der Waals surface area contributed by atoms with Crippen LogP contribution in [0.5, 0.6) is 0 Å². The van der Waals surface area contributed by atoms with E-state index >= 15 is 0 Å². The first-order valence-corrected chi connectivity index (χ1v) is 7.00. The lowest BCUT2D eigenvalue weighted by Gasteiger charge is -2.01. The number of carboxylic acids is 1. The number of aromatic nitrogens is 2. The molecule has 0 aliphatic heterocycles. The van der Waals surface area contributed by atoms with Gasteiger partial charge in [-0.25, -0.2) is 9.78 Å². The smallest absolute Gasteiger partial charge is 0.355 e. The number of allylic oxidation sites excluding steroid dienone is 1. The van der Waals surface area contributed by atoms with E-state index in [1.807, 2.05) is 43.5 Å². The number of fused-ring (bicyclic) bond motifs is 1. The van der Waals surface area contributed by atoms with Crippen LogP contribution in [0.4, 0.5) is 0 Å². The van der Waals surface area contributed by atoms with Crippen LogP contribution in [0.3, 0.4) is 0 Å². The van der Waals surface area contributed by atoms with Gasteiger partial charge in [-0.15, -0.1) is 11.3 Å². The molecule has 5 heteroatoms. The summed E-state index contributed by atoms with van der Waals surface area (Å²) in [6.07, 6.45) is 3.89. The lowest BCUT2D eigenvalue weighted by atomic mass is 10.1. The van der Waals surface area contributed by atoms with Crippen LogP contribution in [0.1, 0.15) is 28.0 Å². The highest BCUT2D eigenvalue weighted by Gasteiger charge is 2.15. The summed E-state index contributed by atoms with van der Waals surface area (Å²) in [5.74, 6) is -0.998. The number of carboxylic acid groups (broad SMARTS) is 1. The second-order valence-corrected chi connectivity index (χ2v) is 5.15. The maximum atomic E-state index is 10.9. The number of hydrogen-bond donors (Lipinski definition) is 2. The first-order valence-electron chi connectivity index (χ1n) is 6.12. The molecule has 0 amide bonds. The maximum Gasteiger partial charge on any atom is 0.355 e. The first-order chi connectivity index (χ1) is 9.70. The average molecular weight is 284 g/mol. The molecular weight excluding hydrogens is 272 g/mol. The highest BCUT2D eigenvalue weighted by atomic mass is 32.1. The standard InChI is InChI=1S/C15H12N2O2S/c1-2-9(14-17-13(8-20-14)15(18)19)11-7-16-12-6-4-3-5-10(11)12/h2-8,16H,1H3,(H,18,19). The van der Waals surface area contributed by atoms with Gasteiger partial charge < -0.3 is 10.1 Å². The molecule has 0 bridgehead atoms. The fourth-order valence-electron chi connectivity index (χ4n) is 2.18. The number of benzene rings is 1. The number of carbonyl (C=O) groups is 1. The van der Waals surface area contributed by atoms with Crippen molar-refractivity contribution >= 4 is 33.8 Å². The summed E-state index contributed by atoms with van der Waals surface area (Å²) in [7, 11) is 0. The fraction of sp³-hybridized carbons (Fsp3) is 0.0667. The SMILES string of the molecule is CC=C(c1nc(C(=O)O)cs1)c1c[nH]c2ccccc12. The Kier molecular flexibility index (Phi) is 3.12. The van der Waals surface area contributed by atoms with Crippen molar-refractivity contribution in [1.29, 1.82) is 0 Å². The zero-order valence-corrected chi connectivity index (χ0v) is 11.6. The molecule has 3 rings (SSSR count). The minimum absolute atomic E-state index is 0.0872. The Morgan fingerprint density at radius 1 is 1.40 bits per heavy atom. The van der Waals surface area contributed by atoms with Crippen LogP contribution in [-0.2, 0) is 0 Å². The highest BCUT2D eigenvalue weighted by molar-refractivity contribution is 7.11. The molecule has 2 N–H and O–H groups in total. The molecule has 100 valence electrons. The van der Waals surface area contributed by atoms with Crippen LogP contribution in [0.2, 0.25) is 0 Å². The van der Waals surface area contributed by atoms with E-state index in [9.17, 15) is 4.79 Å². The summed E-state index contributed by atoms with van der Waals surface area (Å²) in [6, 6.07) is 8.01. The summed E-state index contributed by atoms with van der Waals surface area (Å²) >= 11 is 1.34. The Balaban J connectivity index is 2.12. The van der Waals surface area contributed by atoms with Gasteiger partial charge in [-0.1, -0.05) is 24.3 Å². The normalized spacial score (nSPS) is 11.9. The van der Waals surface area contributed by atoms with Gasteiger partial charge in [-0.05, 0) is 13.0 Å². The molecule has 0 aliphatic carbocycles. The summed E-state index contributed by atoms with van der Waals surface area (Å²) in [4.78, 5) is 18.3. The quantitative estimate of drug-likeness (QED) is 0.769. The van der Waals surface area contributed by atoms with Gasteiger partial charge in [-0.3, -0.25) is 0 Å². The zero-order chi connectivity index (χ0) is 14.1. The largest absolute Gasteiger partial charge is 0.476 e. The van der Waals surface area contributed by atoms with Gasteiger partial charge in [0.25, 0.3) is 0 Å². The molecule has 0 radical (unpaired) electrons. The van der Waals surface area contributed by atoms with Gasteiger partial charge >= 0.3 is 5.97 Å². The zero-order valence-electron chi connectivity index (χ0n) is 10.8. The number of rotatable bonds is 3. The molecule has 4 nitrogen and oxygen atoms in total. The Bertz CT molecular complexity index is 814. The molecule has 0 fully saturated rings. The van der Waals surface area contributed by atoms with E-state index in [0.29, 0.717) is 0 Å². The Labute approximate surface area is 119 Å². The second-order valence-electron chi connectivity index (χ2n) is 4.29. The minimum atomic E-state index is -0.998. The molecule has 2 heterocycles. The number of hydrogen-bond acceptors (Lipinski definition) is 3. The van der Waals surface area contributed by atoms with E-state index in [2.05, 4.69) is 9.97 Å². The number of nitrogens with one attached hydrogen (secondary N) is 1. The first kappa shape index (κ1) is 12.6. The summed E-state index contributed by atoms with van der Waals surface area (Å²) < 4.78 is 0. The highest BCUT2D eigenvalue weighted by Crippen LogP contribution is 2.31. The monoisotopic (exact) mass is 284 g/mol. The molecule has 0 saturated heterocycles. The third-order valence-electron chi connectivity index (χ3n) is 3.12. The molecule has 0 atom stereocenters. The molecule has 2 aromatic heterocycles. The average Bonchev–Trinajstić information content (AvgIpc) is 3.08. The van der Waals surface area contributed by atoms with Crippen LogP contribution in [0, 0.1) is 0 Å². The van der Waals surface area contributed by atoms with Crippen LogP contribution < -0.4 is 0 Å². The van der Waals surface area contributed by atoms with Gasteiger partial charge in [-0.2, -0.15) is 0 Å². The van der Waals surface area contributed by atoms with Crippen molar-refractivity contribution in [3.8, 4) is 0 Å². The molecule has 0 spiro atoms. The van der Waals surface area contributed by atoms with Gasteiger partial charge in [0.05, 0.1) is 0 Å². The van der Waals surface area contributed by atoms with Crippen molar-refractivity contribution in [1.82, 2.24) is 9.97 Å². The Hall–Kier alpha value is -2.40. The lowest BCUT2D eigenvalue weighted by molar-refractivity contribution is 0.0691. The molecule has 0 unspecified atom stereocenters. The van der Waals surface area contributed by atoms with Gasteiger partial charge in [0.1, 0.15) is 5.01 Å². The summed E-state index contributed by atoms with van der Waals surface area (Å²) in [5.41, 5.74) is 3.12. The molecule has 0 aliphatic rings. The van der Waals surface area contributed by atoms with Gasteiger partial charge in [0.15, 0.2) is 5.69 Å². The molecule has 0 saturated carbocycles. The van der Waals surface area contributed by atoms with Gasteiger partial charge in [0, 0.05) is 33.6 Å². The number of nitrogens with zero attached hydrogens (tertiary/aromatic N) is 1. The van der Waals surface area contributed by atoms with Crippen molar-refractivity contribution in [3.05, 3.63) is 58.2 Å². The predicted octanol–water partition coefficient (Wildman–Crippen LogP) is 3.77. The molecular formula is C15H12N2O2S. The van der Waals surface area contributed by atoms with Crippen molar-refractivity contribution in [2.75, 3.05) is 0 Å². The predicted molar refractivity (Wildman–Crippen MR) is 80.1 cm³/mol. The number of H-pyrrole nitrogens is 1. The van der Waals surface area contributed by atoms with Crippen molar-refractivity contribution in [3.63, 3.8) is 0 Å². The third kappa shape index (κ3) is 2.02. The van der Waals surface area contributed by atoms with Crippen molar-refractivity contribution in [2.45, 2.75) is 6.92 Å². The third-order valence-corrected chi connectivity index (χ3v) is 4.00.